The summed E-state index contributed by atoms with van der Waals surface area (Å²) in [5.74, 6) is 1.18. The Morgan fingerprint density at radius 3 is 2.56 bits per heavy atom. The smallest absolute Gasteiger partial charge is 0.169 e. The van der Waals surface area contributed by atoms with E-state index in [9.17, 15) is 4.79 Å². The molecule has 0 aromatic heterocycles. The van der Waals surface area contributed by atoms with Crippen molar-refractivity contribution in [2.24, 2.45) is 5.92 Å². The van der Waals surface area contributed by atoms with E-state index in [0.29, 0.717) is 23.5 Å². The minimum atomic E-state index is -0.0951. The molecule has 3 heteroatoms. The van der Waals surface area contributed by atoms with E-state index in [0.717, 1.165) is 0 Å². The maximum Gasteiger partial charge on any atom is 0.169 e. The lowest BCUT2D eigenvalue weighted by Crippen LogP contribution is -2.11. The van der Waals surface area contributed by atoms with Crippen LogP contribution in [0.25, 0.3) is 0 Å². The summed E-state index contributed by atoms with van der Waals surface area (Å²) in [7, 11) is 3.12. The third kappa shape index (κ3) is 2.54. The van der Waals surface area contributed by atoms with Crippen molar-refractivity contribution in [2.45, 2.75) is 13.3 Å². The molecule has 1 rings (SSSR count). The number of ketones is 1. The van der Waals surface area contributed by atoms with Gasteiger partial charge in [-0.2, -0.15) is 0 Å². The topological polar surface area (TPSA) is 35.5 Å². The average molecular weight is 221 g/mol. The number of carbonyl (C=O) groups excluding carboxylic acids is 1. The molecule has 0 saturated carbocycles. The molecule has 0 spiro atoms. The van der Waals surface area contributed by atoms with Gasteiger partial charge in [0.1, 0.15) is 11.5 Å². The molecule has 16 heavy (non-hydrogen) atoms. The highest BCUT2D eigenvalue weighted by Crippen LogP contribution is 2.27. The third-order valence-electron chi connectivity index (χ3n) is 2.55. The Kier molecular flexibility index (Phi) is 4.35. The van der Waals surface area contributed by atoms with Crippen LogP contribution >= 0.6 is 0 Å². The van der Waals surface area contributed by atoms with Gasteiger partial charge in [0.05, 0.1) is 19.8 Å². The number of hydrogen-bond donors (Lipinski definition) is 0. The highest BCUT2D eigenvalue weighted by Gasteiger charge is 2.18. The van der Waals surface area contributed by atoms with Gasteiger partial charge in [-0.15, -0.1) is 0 Å². The molecular formula is C13H17O3. The van der Waals surface area contributed by atoms with Gasteiger partial charge < -0.3 is 9.47 Å². The summed E-state index contributed by atoms with van der Waals surface area (Å²) in [5, 5.41) is 0. The fourth-order valence-corrected chi connectivity index (χ4v) is 1.40. The van der Waals surface area contributed by atoms with Crippen LogP contribution in [0.2, 0.25) is 0 Å². The van der Waals surface area contributed by atoms with Crippen molar-refractivity contribution in [3.8, 4) is 11.5 Å². The molecule has 3 nitrogen and oxygen atoms in total. The lowest BCUT2D eigenvalue weighted by molar-refractivity contribution is 0.0927. The molecule has 0 saturated heterocycles. The van der Waals surface area contributed by atoms with Gasteiger partial charge in [-0.25, -0.2) is 0 Å². The summed E-state index contributed by atoms with van der Waals surface area (Å²) in [6.45, 7) is 5.60. The van der Waals surface area contributed by atoms with E-state index in [1.54, 1.807) is 32.4 Å². The fourth-order valence-electron chi connectivity index (χ4n) is 1.40. The number of ether oxygens (including phenoxy) is 2. The number of rotatable bonds is 5. The Labute approximate surface area is 96.4 Å². The Hall–Kier alpha value is -1.51. The summed E-state index contributed by atoms with van der Waals surface area (Å²) in [6, 6.07) is 5.20. The van der Waals surface area contributed by atoms with Crippen LogP contribution in [-0.4, -0.2) is 20.0 Å². The Morgan fingerprint density at radius 2 is 2.06 bits per heavy atom. The Bertz CT molecular complexity index is 371. The summed E-state index contributed by atoms with van der Waals surface area (Å²) in [4.78, 5) is 12.0. The normalized spacial score (nSPS) is 12.0. The van der Waals surface area contributed by atoms with E-state index in [-0.39, 0.29) is 11.7 Å². The molecule has 87 valence electrons. The average Bonchev–Trinajstić information content (AvgIpc) is 2.35. The summed E-state index contributed by atoms with van der Waals surface area (Å²) in [5.41, 5.74) is 0.583. The molecule has 1 unspecified atom stereocenters. The predicted octanol–water partition coefficient (Wildman–Crippen LogP) is 2.75. The fraction of sp³-hybridized carbons (Fsp3) is 0.385. The van der Waals surface area contributed by atoms with Crippen molar-refractivity contribution in [3.05, 3.63) is 30.7 Å². The zero-order valence-corrected chi connectivity index (χ0v) is 9.95. The third-order valence-corrected chi connectivity index (χ3v) is 2.55. The van der Waals surface area contributed by atoms with Crippen LogP contribution < -0.4 is 9.47 Å². The van der Waals surface area contributed by atoms with Crippen LogP contribution in [0, 0.1) is 12.8 Å². The molecule has 0 heterocycles. The first-order chi connectivity index (χ1) is 7.63. The first-order valence-corrected chi connectivity index (χ1v) is 5.19. The van der Waals surface area contributed by atoms with Crippen molar-refractivity contribution in [1.29, 1.82) is 0 Å². The zero-order chi connectivity index (χ0) is 12.1. The molecule has 1 aromatic rings. The van der Waals surface area contributed by atoms with Crippen molar-refractivity contribution in [2.75, 3.05) is 14.2 Å². The molecule has 0 bridgehead atoms. The highest BCUT2D eigenvalue weighted by molar-refractivity contribution is 6.00. The number of hydrogen-bond acceptors (Lipinski definition) is 3. The Balaban J connectivity index is 3.08. The minimum absolute atomic E-state index is 0.0505. The van der Waals surface area contributed by atoms with Crippen molar-refractivity contribution < 1.29 is 14.3 Å². The van der Waals surface area contributed by atoms with E-state index in [1.165, 1.54) is 0 Å². The van der Waals surface area contributed by atoms with Crippen molar-refractivity contribution in [1.82, 2.24) is 0 Å². The number of Topliss-reactive ketones (excluding diaryl/α,β-unsaturated/α-hetero) is 1. The molecule has 0 N–H and O–H groups in total. The number of benzene rings is 1. The van der Waals surface area contributed by atoms with Crippen LogP contribution in [0.15, 0.2) is 18.2 Å². The molecule has 0 fully saturated rings. The molecule has 0 aliphatic carbocycles. The van der Waals surface area contributed by atoms with Gasteiger partial charge in [0.25, 0.3) is 0 Å². The van der Waals surface area contributed by atoms with Gasteiger partial charge >= 0.3 is 0 Å². The standard InChI is InChI=1S/C13H17O3/c1-5-9(2)13(14)11-7-6-10(15-3)8-12(11)16-4/h6-9H,1,5H2,2-4H3. The van der Waals surface area contributed by atoms with Crippen LogP contribution in [0.4, 0.5) is 0 Å². The van der Waals surface area contributed by atoms with Gasteiger partial charge in [-0.05, 0) is 18.6 Å². The first kappa shape index (κ1) is 12.6. The van der Waals surface area contributed by atoms with Crippen LogP contribution in [-0.2, 0) is 0 Å². The number of methoxy groups -OCH3 is 2. The van der Waals surface area contributed by atoms with Crippen LogP contribution in [0.5, 0.6) is 11.5 Å². The molecule has 1 aromatic carbocycles. The van der Waals surface area contributed by atoms with Gasteiger partial charge in [0, 0.05) is 12.0 Å². The zero-order valence-electron chi connectivity index (χ0n) is 9.95. The minimum Gasteiger partial charge on any atom is -0.497 e. The highest BCUT2D eigenvalue weighted by atomic mass is 16.5. The van der Waals surface area contributed by atoms with Crippen LogP contribution in [0.1, 0.15) is 23.7 Å². The van der Waals surface area contributed by atoms with Crippen molar-refractivity contribution >= 4 is 5.78 Å². The predicted molar refractivity (Wildman–Crippen MR) is 63.0 cm³/mol. The van der Waals surface area contributed by atoms with E-state index in [1.807, 2.05) is 6.92 Å². The van der Waals surface area contributed by atoms with Gasteiger partial charge in [-0.1, -0.05) is 13.8 Å². The summed E-state index contributed by atoms with van der Waals surface area (Å²) in [6.07, 6.45) is 0.577. The second-order valence-electron chi connectivity index (χ2n) is 3.62. The quantitative estimate of drug-likeness (QED) is 0.717. The van der Waals surface area contributed by atoms with E-state index in [2.05, 4.69) is 6.92 Å². The number of carbonyl (C=O) groups is 1. The Morgan fingerprint density at radius 1 is 1.38 bits per heavy atom. The molecule has 0 aliphatic heterocycles. The SMILES string of the molecule is [CH2]CC(C)C(=O)c1ccc(OC)cc1OC. The summed E-state index contributed by atoms with van der Waals surface area (Å²) >= 11 is 0. The van der Waals surface area contributed by atoms with Crippen molar-refractivity contribution in [3.63, 3.8) is 0 Å². The second kappa shape index (κ2) is 5.54. The van der Waals surface area contributed by atoms with Gasteiger partial charge in [-0.3, -0.25) is 4.79 Å². The lowest BCUT2D eigenvalue weighted by Gasteiger charge is -2.12. The maximum atomic E-state index is 12.0. The van der Waals surface area contributed by atoms with E-state index < -0.39 is 0 Å². The first-order valence-electron chi connectivity index (χ1n) is 5.19. The van der Waals surface area contributed by atoms with E-state index in [4.69, 9.17) is 9.47 Å². The molecule has 0 amide bonds. The monoisotopic (exact) mass is 221 g/mol. The largest absolute Gasteiger partial charge is 0.497 e. The van der Waals surface area contributed by atoms with E-state index >= 15 is 0 Å². The van der Waals surface area contributed by atoms with Gasteiger partial charge in [0.15, 0.2) is 5.78 Å². The molecular weight excluding hydrogens is 204 g/mol. The second-order valence-corrected chi connectivity index (χ2v) is 3.62. The molecule has 1 atom stereocenters. The summed E-state index contributed by atoms with van der Waals surface area (Å²) < 4.78 is 10.3. The molecule has 1 radical (unpaired) electrons. The van der Waals surface area contributed by atoms with Crippen LogP contribution in [0.3, 0.4) is 0 Å². The lowest BCUT2D eigenvalue weighted by atomic mass is 9.96. The maximum absolute atomic E-state index is 12.0. The molecule has 0 aliphatic rings. The van der Waals surface area contributed by atoms with Gasteiger partial charge in [0.2, 0.25) is 0 Å².